The molecule has 1 aliphatic rings. The minimum atomic E-state index is -0.765. The Balaban J connectivity index is 2.58. The highest BCUT2D eigenvalue weighted by Crippen LogP contribution is 2.32. The summed E-state index contributed by atoms with van der Waals surface area (Å²) in [6.45, 7) is 1.92. The summed E-state index contributed by atoms with van der Waals surface area (Å²) in [6.07, 6.45) is 4.79. The average Bonchev–Trinajstić information content (AvgIpc) is 2.53. The number of hydrogen-bond acceptors (Lipinski definition) is 1. The van der Waals surface area contributed by atoms with Gasteiger partial charge in [-0.25, -0.2) is 4.79 Å². The van der Waals surface area contributed by atoms with Gasteiger partial charge in [-0.1, -0.05) is 31.2 Å². The van der Waals surface area contributed by atoms with Crippen LogP contribution >= 0.6 is 0 Å². The number of aryl methyl sites for hydroxylation is 1. The molecular formula is C15H18O2. The molecule has 1 aliphatic carbocycles. The highest BCUT2D eigenvalue weighted by Gasteiger charge is 2.18. The summed E-state index contributed by atoms with van der Waals surface area (Å²) in [6, 6.07) is 8.22. The number of fused-ring (bicyclic) bond motifs is 1. The Morgan fingerprint density at radius 3 is 2.65 bits per heavy atom. The van der Waals surface area contributed by atoms with Crippen LogP contribution in [0, 0.1) is 0 Å². The minimum Gasteiger partial charge on any atom is -0.478 e. The first-order valence-electron chi connectivity index (χ1n) is 6.27. The molecule has 0 saturated heterocycles. The van der Waals surface area contributed by atoms with E-state index < -0.39 is 5.97 Å². The highest BCUT2D eigenvalue weighted by molar-refractivity contribution is 5.96. The molecule has 0 amide bonds. The fourth-order valence-electron chi connectivity index (χ4n) is 2.59. The number of carboxylic acids is 1. The topological polar surface area (TPSA) is 37.3 Å². The lowest BCUT2D eigenvalue weighted by Crippen LogP contribution is -2.04. The van der Waals surface area contributed by atoms with E-state index in [1.165, 1.54) is 5.56 Å². The van der Waals surface area contributed by atoms with Crippen molar-refractivity contribution in [1.29, 1.82) is 0 Å². The molecule has 1 aromatic rings. The van der Waals surface area contributed by atoms with E-state index in [4.69, 9.17) is 0 Å². The molecule has 2 rings (SSSR count). The van der Waals surface area contributed by atoms with E-state index in [2.05, 4.69) is 12.1 Å². The molecule has 2 heteroatoms. The van der Waals surface area contributed by atoms with Gasteiger partial charge in [0.25, 0.3) is 0 Å². The van der Waals surface area contributed by atoms with Gasteiger partial charge in [0, 0.05) is 5.57 Å². The van der Waals surface area contributed by atoms with Gasteiger partial charge in [-0.15, -0.1) is 0 Å². The number of aliphatic carboxylic acids is 1. The lowest BCUT2D eigenvalue weighted by Gasteiger charge is -2.12. The normalized spacial score (nSPS) is 18.2. The van der Waals surface area contributed by atoms with Crippen LogP contribution in [0.2, 0.25) is 0 Å². The largest absolute Gasteiger partial charge is 0.478 e. The molecule has 0 fully saturated rings. The molecule has 0 aliphatic heterocycles. The van der Waals surface area contributed by atoms with Crippen LogP contribution in [0.4, 0.5) is 0 Å². The lowest BCUT2D eigenvalue weighted by atomic mass is 9.93. The van der Waals surface area contributed by atoms with E-state index in [1.807, 2.05) is 19.1 Å². The Hall–Kier alpha value is -1.57. The van der Waals surface area contributed by atoms with Gasteiger partial charge in [0.15, 0.2) is 0 Å². The quantitative estimate of drug-likeness (QED) is 0.622. The van der Waals surface area contributed by atoms with E-state index in [9.17, 15) is 9.90 Å². The first-order chi connectivity index (χ1) is 8.24. The molecule has 0 aromatic heterocycles. The van der Waals surface area contributed by atoms with Gasteiger partial charge in [0.1, 0.15) is 0 Å². The second-order valence-corrected chi connectivity index (χ2v) is 4.48. The van der Waals surface area contributed by atoms with Crippen molar-refractivity contribution in [3.8, 4) is 0 Å². The van der Waals surface area contributed by atoms with Crippen LogP contribution in [-0.2, 0) is 11.2 Å². The van der Waals surface area contributed by atoms with Gasteiger partial charge in [-0.05, 0) is 48.8 Å². The molecule has 0 radical (unpaired) electrons. The van der Waals surface area contributed by atoms with Crippen molar-refractivity contribution >= 4 is 11.5 Å². The number of rotatable bonds is 2. The number of carbonyl (C=O) groups is 1. The SMILES string of the molecule is CCC(C(=O)O)=C1CCCCc2ccccc21. The molecule has 90 valence electrons. The van der Waals surface area contributed by atoms with E-state index in [-0.39, 0.29) is 0 Å². The minimum absolute atomic E-state index is 0.583. The van der Waals surface area contributed by atoms with Crippen LogP contribution in [-0.4, -0.2) is 11.1 Å². The van der Waals surface area contributed by atoms with Crippen molar-refractivity contribution in [3.05, 3.63) is 41.0 Å². The second-order valence-electron chi connectivity index (χ2n) is 4.48. The third kappa shape index (κ3) is 2.41. The molecular weight excluding hydrogens is 212 g/mol. The molecule has 0 heterocycles. The van der Waals surface area contributed by atoms with Crippen molar-refractivity contribution in [2.75, 3.05) is 0 Å². The number of carboxylic acid groups (broad SMARTS) is 1. The number of allylic oxidation sites excluding steroid dienone is 1. The second kappa shape index (κ2) is 5.17. The molecule has 2 nitrogen and oxygen atoms in total. The van der Waals surface area contributed by atoms with Gasteiger partial charge in [-0.3, -0.25) is 0 Å². The summed E-state index contributed by atoms with van der Waals surface area (Å²) < 4.78 is 0. The van der Waals surface area contributed by atoms with Crippen LogP contribution in [0.1, 0.15) is 43.7 Å². The van der Waals surface area contributed by atoms with Crippen molar-refractivity contribution in [1.82, 2.24) is 0 Å². The molecule has 0 spiro atoms. The van der Waals surface area contributed by atoms with Crippen molar-refractivity contribution in [2.45, 2.75) is 39.0 Å². The highest BCUT2D eigenvalue weighted by atomic mass is 16.4. The molecule has 1 aromatic carbocycles. The van der Waals surface area contributed by atoms with Crippen molar-refractivity contribution < 1.29 is 9.90 Å². The zero-order chi connectivity index (χ0) is 12.3. The number of hydrogen-bond donors (Lipinski definition) is 1. The molecule has 0 unspecified atom stereocenters. The van der Waals surface area contributed by atoms with Crippen LogP contribution < -0.4 is 0 Å². The maximum absolute atomic E-state index is 11.3. The summed E-state index contributed by atoms with van der Waals surface area (Å²) in [7, 11) is 0. The van der Waals surface area contributed by atoms with Crippen molar-refractivity contribution in [2.24, 2.45) is 0 Å². The van der Waals surface area contributed by atoms with Gasteiger partial charge in [0.2, 0.25) is 0 Å². The summed E-state index contributed by atoms with van der Waals surface area (Å²) in [5, 5.41) is 9.29. The maximum Gasteiger partial charge on any atom is 0.331 e. The fourth-order valence-corrected chi connectivity index (χ4v) is 2.59. The third-order valence-electron chi connectivity index (χ3n) is 3.44. The monoisotopic (exact) mass is 230 g/mol. The lowest BCUT2D eigenvalue weighted by molar-refractivity contribution is -0.132. The third-order valence-corrected chi connectivity index (χ3v) is 3.44. The van der Waals surface area contributed by atoms with Gasteiger partial charge in [0.05, 0.1) is 0 Å². The Kier molecular flexibility index (Phi) is 3.62. The smallest absolute Gasteiger partial charge is 0.331 e. The molecule has 0 saturated carbocycles. The molecule has 0 bridgehead atoms. The summed E-state index contributed by atoms with van der Waals surface area (Å²) >= 11 is 0. The van der Waals surface area contributed by atoms with E-state index >= 15 is 0 Å². The Morgan fingerprint density at radius 2 is 1.94 bits per heavy atom. The maximum atomic E-state index is 11.3. The van der Waals surface area contributed by atoms with Gasteiger partial charge in [-0.2, -0.15) is 0 Å². The zero-order valence-corrected chi connectivity index (χ0v) is 10.2. The van der Waals surface area contributed by atoms with Gasteiger partial charge < -0.3 is 5.11 Å². The van der Waals surface area contributed by atoms with Crippen LogP contribution in [0.15, 0.2) is 29.8 Å². The first kappa shape index (κ1) is 11.9. The fraction of sp³-hybridized carbons (Fsp3) is 0.400. The Morgan fingerprint density at radius 1 is 1.24 bits per heavy atom. The number of benzene rings is 1. The van der Waals surface area contributed by atoms with Crippen LogP contribution in [0.3, 0.4) is 0 Å². The average molecular weight is 230 g/mol. The first-order valence-corrected chi connectivity index (χ1v) is 6.27. The van der Waals surface area contributed by atoms with Crippen LogP contribution in [0.5, 0.6) is 0 Å². The summed E-state index contributed by atoms with van der Waals surface area (Å²) in [5.41, 5.74) is 4.09. The standard InChI is InChI=1S/C15H18O2/c1-2-12(15(16)17)14-10-6-4-8-11-7-3-5-9-13(11)14/h3,5,7,9H,2,4,6,8,10H2,1H3,(H,16,17). The summed E-state index contributed by atoms with van der Waals surface area (Å²) in [5.74, 6) is -0.765. The molecule has 0 atom stereocenters. The van der Waals surface area contributed by atoms with Crippen LogP contribution in [0.25, 0.3) is 5.57 Å². The predicted octanol–water partition coefficient (Wildman–Crippen LogP) is 3.66. The van der Waals surface area contributed by atoms with E-state index in [0.29, 0.717) is 12.0 Å². The predicted molar refractivity (Wildman–Crippen MR) is 68.8 cm³/mol. The molecule has 17 heavy (non-hydrogen) atoms. The summed E-state index contributed by atoms with van der Waals surface area (Å²) in [4.78, 5) is 11.3. The van der Waals surface area contributed by atoms with Crippen molar-refractivity contribution in [3.63, 3.8) is 0 Å². The van der Waals surface area contributed by atoms with E-state index in [1.54, 1.807) is 0 Å². The molecule has 1 N–H and O–H groups in total. The Bertz CT molecular complexity index is 458. The Labute approximate surface area is 102 Å². The van der Waals surface area contributed by atoms with Gasteiger partial charge >= 0.3 is 5.97 Å². The zero-order valence-electron chi connectivity index (χ0n) is 10.2. The van der Waals surface area contributed by atoms with E-state index in [0.717, 1.165) is 36.8 Å².